The van der Waals surface area contributed by atoms with E-state index in [0.717, 1.165) is 12.1 Å². The van der Waals surface area contributed by atoms with Gasteiger partial charge in [0, 0.05) is 30.2 Å². The smallest absolute Gasteiger partial charge is 0.283 e. The Labute approximate surface area is 155 Å². The number of carbonyl (C=O) groups excluding carboxylic acids is 1. The molecule has 150 valence electrons. The zero-order valence-corrected chi connectivity index (χ0v) is 15.6. The lowest BCUT2D eigenvalue weighted by molar-refractivity contribution is -0.0364. The van der Waals surface area contributed by atoms with Crippen LogP contribution in [0.2, 0.25) is 0 Å². The number of aliphatic imine (C=N–C) groups is 1. The van der Waals surface area contributed by atoms with Gasteiger partial charge in [0.25, 0.3) is 18.4 Å². The number of ether oxygens (including phenoxy) is 2. The van der Waals surface area contributed by atoms with E-state index >= 15 is 0 Å². The van der Waals surface area contributed by atoms with Gasteiger partial charge in [0.05, 0.1) is 6.61 Å². The van der Waals surface area contributed by atoms with Crippen molar-refractivity contribution in [1.29, 1.82) is 0 Å². The van der Waals surface area contributed by atoms with Crippen LogP contribution in [-0.2, 0) is 15.0 Å². The van der Waals surface area contributed by atoms with Crippen molar-refractivity contribution in [3.63, 3.8) is 0 Å². The maximum atomic E-state index is 14.6. The van der Waals surface area contributed by atoms with E-state index in [2.05, 4.69) is 10.3 Å². The molecule has 1 amide bonds. The number of hydrogen-bond donors (Lipinski definition) is 2. The van der Waals surface area contributed by atoms with E-state index in [9.17, 15) is 18.0 Å². The number of alkyl halides is 2. The van der Waals surface area contributed by atoms with Crippen LogP contribution in [0.4, 0.5) is 13.2 Å². The highest BCUT2D eigenvalue weighted by Crippen LogP contribution is 2.45. The van der Waals surface area contributed by atoms with Gasteiger partial charge in [0.1, 0.15) is 11.9 Å². The Morgan fingerprint density at radius 3 is 2.70 bits per heavy atom. The van der Waals surface area contributed by atoms with Gasteiger partial charge >= 0.3 is 0 Å². The van der Waals surface area contributed by atoms with Crippen molar-refractivity contribution in [2.45, 2.75) is 44.9 Å². The Morgan fingerprint density at radius 1 is 1.44 bits per heavy atom. The van der Waals surface area contributed by atoms with Gasteiger partial charge < -0.3 is 20.5 Å². The normalized spacial score (nSPS) is 26.3. The Balaban J connectivity index is 2.52. The Kier molecular flexibility index (Phi) is 6.35. The van der Waals surface area contributed by atoms with Crippen molar-refractivity contribution in [3.8, 4) is 0 Å². The van der Waals surface area contributed by atoms with Crippen LogP contribution < -0.4 is 11.1 Å². The molecule has 1 heterocycles. The lowest BCUT2D eigenvalue weighted by Gasteiger charge is -2.41. The predicted octanol–water partition coefficient (Wildman–Crippen LogP) is 2.42. The number of amides is 1. The third kappa shape index (κ3) is 4.02. The van der Waals surface area contributed by atoms with Gasteiger partial charge in [-0.15, -0.1) is 0 Å². The fourth-order valence-electron chi connectivity index (χ4n) is 3.20. The number of nitrogens with one attached hydrogen (secondary N) is 1. The lowest BCUT2D eigenvalue weighted by Crippen LogP contribution is -2.51. The van der Waals surface area contributed by atoms with Gasteiger partial charge in [0.15, 0.2) is 5.54 Å². The fourth-order valence-corrected chi connectivity index (χ4v) is 3.20. The standard InChI is InChI=1S/C18H24F3N3O3/c1-9(8-26-4)23-15(25)12-5-6-14(19)13(7-12)18(16(20)21)10(2)11(3)27-17(22)24-18/h5-7,9-11,16H,8H2,1-4H3,(H2,22,24)(H,23,25)/t9-,10+,11?,18+/m0/s1. The largest absolute Gasteiger partial charge is 0.462 e. The average Bonchev–Trinajstić information content (AvgIpc) is 2.58. The molecule has 9 heteroatoms. The van der Waals surface area contributed by atoms with Crippen molar-refractivity contribution in [1.82, 2.24) is 5.32 Å². The summed E-state index contributed by atoms with van der Waals surface area (Å²) in [7, 11) is 1.49. The molecular formula is C18H24F3N3O3. The maximum absolute atomic E-state index is 14.6. The topological polar surface area (TPSA) is 85.9 Å². The highest BCUT2D eigenvalue weighted by Gasteiger charge is 2.53. The zero-order valence-electron chi connectivity index (χ0n) is 15.6. The summed E-state index contributed by atoms with van der Waals surface area (Å²) in [4.78, 5) is 16.2. The molecule has 3 N–H and O–H groups in total. The maximum Gasteiger partial charge on any atom is 0.283 e. The van der Waals surface area contributed by atoms with E-state index in [1.807, 2.05) is 0 Å². The van der Waals surface area contributed by atoms with E-state index in [1.54, 1.807) is 13.8 Å². The first-order valence-corrected chi connectivity index (χ1v) is 8.53. The summed E-state index contributed by atoms with van der Waals surface area (Å²) in [5.41, 5.74) is 2.96. The van der Waals surface area contributed by atoms with Crippen molar-refractivity contribution in [2.75, 3.05) is 13.7 Å². The highest BCUT2D eigenvalue weighted by atomic mass is 19.3. The molecule has 0 saturated carbocycles. The van der Waals surface area contributed by atoms with Gasteiger partial charge in [-0.2, -0.15) is 0 Å². The summed E-state index contributed by atoms with van der Waals surface area (Å²) in [5, 5.41) is 2.66. The van der Waals surface area contributed by atoms with E-state index < -0.39 is 47.3 Å². The average molecular weight is 387 g/mol. The molecule has 0 spiro atoms. The number of hydrogen-bond acceptors (Lipinski definition) is 5. The molecule has 0 aliphatic carbocycles. The number of nitrogens with zero attached hydrogens (tertiary/aromatic N) is 1. The first kappa shape index (κ1) is 21.0. The van der Waals surface area contributed by atoms with E-state index in [4.69, 9.17) is 15.2 Å². The van der Waals surface area contributed by atoms with E-state index in [0.29, 0.717) is 0 Å². The molecule has 0 bridgehead atoms. The second kappa shape index (κ2) is 8.16. The van der Waals surface area contributed by atoms with Gasteiger partial charge in [-0.3, -0.25) is 4.79 Å². The van der Waals surface area contributed by atoms with Crippen molar-refractivity contribution >= 4 is 11.9 Å². The van der Waals surface area contributed by atoms with Crippen LogP contribution in [0.3, 0.4) is 0 Å². The fraction of sp³-hybridized carbons (Fsp3) is 0.556. The molecule has 1 aromatic rings. The third-order valence-electron chi connectivity index (χ3n) is 4.79. The molecule has 4 atom stereocenters. The number of benzene rings is 1. The SMILES string of the molecule is COC[C@H](C)NC(=O)c1ccc(F)c([C@]2(C(F)F)N=C(N)OC(C)[C@H]2C)c1. The third-order valence-corrected chi connectivity index (χ3v) is 4.79. The van der Waals surface area contributed by atoms with Crippen LogP contribution in [-0.4, -0.2) is 44.2 Å². The minimum absolute atomic E-state index is 0.0366. The molecule has 1 unspecified atom stereocenters. The molecule has 1 aromatic carbocycles. The van der Waals surface area contributed by atoms with Gasteiger partial charge in [-0.1, -0.05) is 6.92 Å². The molecule has 1 aliphatic heterocycles. The first-order valence-electron chi connectivity index (χ1n) is 8.53. The monoisotopic (exact) mass is 387 g/mol. The van der Waals surface area contributed by atoms with Gasteiger partial charge in [-0.05, 0) is 32.0 Å². The molecule has 0 fully saturated rings. The highest BCUT2D eigenvalue weighted by molar-refractivity contribution is 5.94. The van der Waals surface area contributed by atoms with Crippen molar-refractivity contribution in [3.05, 3.63) is 35.1 Å². The number of amidine groups is 1. The van der Waals surface area contributed by atoms with Crippen LogP contribution >= 0.6 is 0 Å². The summed E-state index contributed by atoms with van der Waals surface area (Å²) >= 11 is 0. The van der Waals surface area contributed by atoms with Crippen molar-refractivity contribution in [2.24, 2.45) is 16.6 Å². The molecule has 27 heavy (non-hydrogen) atoms. The van der Waals surface area contributed by atoms with Crippen LogP contribution in [0.1, 0.15) is 36.7 Å². The van der Waals surface area contributed by atoms with E-state index in [-0.39, 0.29) is 18.2 Å². The minimum Gasteiger partial charge on any atom is -0.462 e. The number of methoxy groups -OCH3 is 1. The zero-order chi connectivity index (χ0) is 20.4. The first-order chi connectivity index (χ1) is 12.6. The molecule has 0 saturated heterocycles. The van der Waals surface area contributed by atoms with Gasteiger partial charge in [-0.25, -0.2) is 18.2 Å². The number of carbonyl (C=O) groups is 1. The molecule has 6 nitrogen and oxygen atoms in total. The Hall–Kier alpha value is -2.29. The van der Waals surface area contributed by atoms with Crippen LogP contribution in [0.25, 0.3) is 0 Å². The van der Waals surface area contributed by atoms with Gasteiger partial charge in [0.2, 0.25) is 0 Å². The second-order valence-electron chi connectivity index (χ2n) is 6.71. The second-order valence-corrected chi connectivity index (χ2v) is 6.71. The summed E-state index contributed by atoms with van der Waals surface area (Å²) < 4.78 is 53.1. The summed E-state index contributed by atoms with van der Waals surface area (Å²) in [6, 6.07) is 2.56. The molecule has 1 aliphatic rings. The minimum atomic E-state index is -3.06. The summed E-state index contributed by atoms with van der Waals surface area (Å²) in [5.74, 6) is -2.31. The summed E-state index contributed by atoms with van der Waals surface area (Å²) in [6.07, 6.45) is -3.77. The van der Waals surface area contributed by atoms with Crippen LogP contribution in [0, 0.1) is 11.7 Å². The molecular weight excluding hydrogens is 363 g/mol. The Bertz CT molecular complexity index is 729. The van der Waals surface area contributed by atoms with E-state index in [1.165, 1.54) is 20.1 Å². The van der Waals surface area contributed by atoms with Crippen LogP contribution in [0.5, 0.6) is 0 Å². The molecule has 0 radical (unpaired) electrons. The number of nitrogens with two attached hydrogens (primary N) is 1. The number of halogens is 3. The van der Waals surface area contributed by atoms with Crippen LogP contribution in [0.15, 0.2) is 23.2 Å². The lowest BCUT2D eigenvalue weighted by atomic mass is 9.75. The molecule has 0 aromatic heterocycles. The Morgan fingerprint density at radius 2 is 2.11 bits per heavy atom. The quantitative estimate of drug-likeness (QED) is 0.785. The van der Waals surface area contributed by atoms with Crippen molar-refractivity contribution < 1.29 is 27.4 Å². The number of rotatable bonds is 6. The summed E-state index contributed by atoms with van der Waals surface area (Å²) in [6.45, 7) is 5.04. The predicted molar refractivity (Wildman–Crippen MR) is 94.2 cm³/mol. The molecule has 2 rings (SSSR count).